The summed E-state index contributed by atoms with van der Waals surface area (Å²) in [6.07, 6.45) is 3.12. The lowest BCUT2D eigenvalue weighted by Crippen LogP contribution is -2.22. The van der Waals surface area contributed by atoms with Crippen LogP contribution in [0.2, 0.25) is 0 Å². The molecule has 0 aliphatic carbocycles. The average Bonchev–Trinajstić information content (AvgIpc) is 2.89. The van der Waals surface area contributed by atoms with Gasteiger partial charge < -0.3 is 4.74 Å². The van der Waals surface area contributed by atoms with E-state index in [1.165, 1.54) is 6.33 Å². The van der Waals surface area contributed by atoms with Crippen molar-refractivity contribution >= 4 is 5.97 Å². The van der Waals surface area contributed by atoms with E-state index >= 15 is 0 Å². The van der Waals surface area contributed by atoms with Crippen molar-refractivity contribution in [3.8, 4) is 5.69 Å². The Kier molecular flexibility index (Phi) is 3.64. The summed E-state index contributed by atoms with van der Waals surface area (Å²) in [6, 6.07) is 7.64. The largest absolute Gasteiger partial charge is 0.460 e. The van der Waals surface area contributed by atoms with E-state index in [9.17, 15) is 4.79 Å². The molecule has 2 aromatic rings. The molecule has 0 saturated carbocycles. The lowest BCUT2D eigenvalue weighted by molar-refractivity contribution is -0.154. The number of benzene rings is 1. The summed E-state index contributed by atoms with van der Waals surface area (Å²) in [6.45, 7) is 5.79. The molecule has 0 amide bonds. The van der Waals surface area contributed by atoms with Crippen LogP contribution in [0.3, 0.4) is 0 Å². The van der Waals surface area contributed by atoms with Crippen LogP contribution in [-0.2, 0) is 16.1 Å². The maximum atomic E-state index is 11.6. The Bertz CT molecular complexity index is 539. The zero-order valence-electron chi connectivity index (χ0n) is 11.3. The summed E-state index contributed by atoms with van der Waals surface area (Å²) < 4.78 is 6.92. The molecule has 1 heterocycles. The van der Waals surface area contributed by atoms with E-state index < -0.39 is 5.41 Å². The van der Waals surface area contributed by atoms with E-state index in [1.807, 2.05) is 45.0 Å². The van der Waals surface area contributed by atoms with Crippen molar-refractivity contribution < 1.29 is 9.53 Å². The molecule has 0 aliphatic heterocycles. The molecule has 0 fully saturated rings. The second kappa shape index (κ2) is 5.22. The highest BCUT2D eigenvalue weighted by molar-refractivity contribution is 5.75. The summed E-state index contributed by atoms with van der Waals surface area (Å²) >= 11 is 0. The highest BCUT2D eigenvalue weighted by Gasteiger charge is 2.22. The molecule has 2 rings (SSSR count). The molecule has 0 spiro atoms. The average molecular weight is 259 g/mol. The van der Waals surface area contributed by atoms with Crippen molar-refractivity contribution in [2.75, 3.05) is 0 Å². The first-order chi connectivity index (χ1) is 8.97. The van der Waals surface area contributed by atoms with Gasteiger partial charge in [0.25, 0.3) is 0 Å². The predicted molar refractivity (Wildman–Crippen MR) is 70.6 cm³/mol. The van der Waals surface area contributed by atoms with Crippen LogP contribution in [0.1, 0.15) is 26.3 Å². The van der Waals surface area contributed by atoms with Crippen LogP contribution in [0.4, 0.5) is 0 Å². The van der Waals surface area contributed by atoms with Gasteiger partial charge in [0.1, 0.15) is 19.3 Å². The molecule has 0 N–H and O–H groups in total. The Morgan fingerprint density at radius 3 is 2.47 bits per heavy atom. The predicted octanol–water partition coefficient (Wildman–Crippen LogP) is 2.36. The van der Waals surface area contributed by atoms with Gasteiger partial charge in [0.05, 0.1) is 11.1 Å². The first kappa shape index (κ1) is 13.3. The van der Waals surface area contributed by atoms with Crippen molar-refractivity contribution in [1.29, 1.82) is 0 Å². The van der Waals surface area contributed by atoms with Crippen LogP contribution in [0.15, 0.2) is 36.9 Å². The van der Waals surface area contributed by atoms with E-state index in [0.29, 0.717) is 0 Å². The Labute approximate surface area is 112 Å². The summed E-state index contributed by atoms with van der Waals surface area (Å²) in [5.74, 6) is -0.201. The molecular formula is C14H17N3O2. The van der Waals surface area contributed by atoms with Gasteiger partial charge in [-0.25, -0.2) is 9.67 Å². The second-order valence-corrected chi connectivity index (χ2v) is 5.33. The number of hydrogen-bond acceptors (Lipinski definition) is 4. The number of esters is 1. The van der Waals surface area contributed by atoms with Crippen LogP contribution >= 0.6 is 0 Å². The summed E-state index contributed by atoms with van der Waals surface area (Å²) in [4.78, 5) is 15.5. The number of hydrogen-bond donors (Lipinski definition) is 0. The van der Waals surface area contributed by atoms with Gasteiger partial charge in [-0.3, -0.25) is 4.79 Å². The third-order valence-corrected chi connectivity index (χ3v) is 2.60. The van der Waals surface area contributed by atoms with Gasteiger partial charge in [-0.1, -0.05) is 12.1 Å². The van der Waals surface area contributed by atoms with E-state index in [1.54, 1.807) is 11.0 Å². The molecule has 0 saturated heterocycles. The topological polar surface area (TPSA) is 57.0 Å². The van der Waals surface area contributed by atoms with Gasteiger partial charge in [0.2, 0.25) is 0 Å². The Balaban J connectivity index is 1.98. The molecule has 1 aromatic heterocycles. The molecule has 0 atom stereocenters. The van der Waals surface area contributed by atoms with Gasteiger partial charge >= 0.3 is 5.97 Å². The SMILES string of the molecule is CC(C)(C)C(=O)OCc1ccc(-n2cncn2)cc1. The standard InChI is InChI=1S/C14H17N3O2/c1-14(2,3)13(18)19-8-11-4-6-12(7-5-11)17-10-15-9-16-17/h4-7,9-10H,8H2,1-3H3. The fourth-order valence-electron chi connectivity index (χ4n) is 1.45. The highest BCUT2D eigenvalue weighted by Crippen LogP contribution is 2.17. The first-order valence-corrected chi connectivity index (χ1v) is 6.08. The van der Waals surface area contributed by atoms with Gasteiger partial charge in [-0.15, -0.1) is 0 Å². The number of carbonyl (C=O) groups excluding carboxylic acids is 1. The smallest absolute Gasteiger partial charge is 0.311 e. The highest BCUT2D eigenvalue weighted by atomic mass is 16.5. The fourth-order valence-corrected chi connectivity index (χ4v) is 1.45. The lowest BCUT2D eigenvalue weighted by atomic mass is 9.97. The van der Waals surface area contributed by atoms with Crippen LogP contribution in [0.5, 0.6) is 0 Å². The van der Waals surface area contributed by atoms with E-state index in [4.69, 9.17) is 4.74 Å². The number of carbonyl (C=O) groups is 1. The zero-order valence-corrected chi connectivity index (χ0v) is 11.3. The zero-order chi connectivity index (χ0) is 13.9. The molecule has 0 radical (unpaired) electrons. The Hall–Kier alpha value is -2.17. The van der Waals surface area contributed by atoms with Gasteiger partial charge in [0.15, 0.2) is 0 Å². The molecule has 0 unspecified atom stereocenters. The molecule has 1 aromatic carbocycles. The summed E-state index contributed by atoms with van der Waals surface area (Å²) in [7, 11) is 0. The third-order valence-electron chi connectivity index (χ3n) is 2.60. The quantitative estimate of drug-likeness (QED) is 0.794. The van der Waals surface area contributed by atoms with Crippen molar-refractivity contribution in [1.82, 2.24) is 14.8 Å². The minimum atomic E-state index is -0.472. The Morgan fingerprint density at radius 2 is 1.95 bits per heavy atom. The van der Waals surface area contributed by atoms with E-state index in [2.05, 4.69) is 10.1 Å². The van der Waals surface area contributed by atoms with Gasteiger partial charge in [-0.2, -0.15) is 5.10 Å². The first-order valence-electron chi connectivity index (χ1n) is 6.08. The van der Waals surface area contributed by atoms with Crippen molar-refractivity contribution in [3.05, 3.63) is 42.5 Å². The summed E-state index contributed by atoms with van der Waals surface area (Å²) in [5, 5.41) is 4.04. The number of ether oxygens (including phenoxy) is 1. The minimum absolute atomic E-state index is 0.201. The lowest BCUT2D eigenvalue weighted by Gasteiger charge is -2.16. The molecule has 5 nitrogen and oxygen atoms in total. The van der Waals surface area contributed by atoms with E-state index in [-0.39, 0.29) is 12.6 Å². The summed E-state index contributed by atoms with van der Waals surface area (Å²) in [5.41, 5.74) is 1.39. The van der Waals surface area contributed by atoms with Crippen molar-refractivity contribution in [3.63, 3.8) is 0 Å². The second-order valence-electron chi connectivity index (χ2n) is 5.33. The monoisotopic (exact) mass is 259 g/mol. The van der Waals surface area contributed by atoms with Crippen LogP contribution in [0.25, 0.3) is 5.69 Å². The van der Waals surface area contributed by atoms with Gasteiger partial charge in [-0.05, 0) is 38.5 Å². The molecule has 19 heavy (non-hydrogen) atoms. The molecule has 0 bridgehead atoms. The molecule has 100 valence electrons. The number of rotatable bonds is 3. The Morgan fingerprint density at radius 1 is 1.26 bits per heavy atom. The minimum Gasteiger partial charge on any atom is -0.460 e. The molecular weight excluding hydrogens is 242 g/mol. The maximum absolute atomic E-state index is 11.6. The molecule has 5 heteroatoms. The fraction of sp³-hybridized carbons (Fsp3) is 0.357. The normalized spacial score (nSPS) is 11.3. The van der Waals surface area contributed by atoms with Crippen LogP contribution in [-0.4, -0.2) is 20.7 Å². The number of nitrogens with zero attached hydrogens (tertiary/aromatic N) is 3. The van der Waals surface area contributed by atoms with Gasteiger partial charge in [0, 0.05) is 0 Å². The van der Waals surface area contributed by atoms with Crippen LogP contribution in [0, 0.1) is 5.41 Å². The van der Waals surface area contributed by atoms with Crippen LogP contribution < -0.4 is 0 Å². The van der Waals surface area contributed by atoms with E-state index in [0.717, 1.165) is 11.3 Å². The number of aromatic nitrogens is 3. The maximum Gasteiger partial charge on any atom is 0.311 e. The van der Waals surface area contributed by atoms with Crippen molar-refractivity contribution in [2.45, 2.75) is 27.4 Å². The molecule has 0 aliphatic rings. The van der Waals surface area contributed by atoms with Crippen molar-refractivity contribution in [2.24, 2.45) is 5.41 Å². The third kappa shape index (κ3) is 3.40.